The Morgan fingerprint density at radius 3 is 1.06 bits per heavy atom. The Morgan fingerprint density at radius 1 is 0.380 bits per heavy atom. The number of carbonyl (C=O) groups excluding carboxylic acids is 3. The summed E-state index contributed by atoms with van der Waals surface area (Å²) in [5.41, 5.74) is 0. The molecule has 0 rings (SSSR count). The van der Waals surface area contributed by atoms with Gasteiger partial charge in [-0.2, -0.15) is 0 Å². The van der Waals surface area contributed by atoms with Crippen LogP contribution in [0, 0.1) is 0 Å². The van der Waals surface area contributed by atoms with Crippen molar-refractivity contribution in [2.75, 3.05) is 13.2 Å². The molecule has 0 amide bonds. The number of rotatable bonds is 39. The van der Waals surface area contributed by atoms with E-state index in [1.165, 1.54) is 116 Å². The normalized spacial score (nSPS) is 12.0. The fourth-order valence-electron chi connectivity index (χ4n) is 6.19. The number of ether oxygens (including phenoxy) is 3. The zero-order chi connectivity index (χ0) is 36.6. The Bertz CT molecular complexity index is 778. The van der Waals surface area contributed by atoms with Crippen molar-refractivity contribution in [3.05, 3.63) is 12.2 Å². The van der Waals surface area contributed by atoms with Gasteiger partial charge in [-0.05, 0) is 38.5 Å². The van der Waals surface area contributed by atoms with Crippen LogP contribution in [-0.2, 0) is 28.6 Å². The van der Waals surface area contributed by atoms with Crippen LogP contribution < -0.4 is 0 Å². The summed E-state index contributed by atoms with van der Waals surface area (Å²) < 4.78 is 16.6. The first kappa shape index (κ1) is 48.1. The molecule has 6 nitrogen and oxygen atoms in total. The number of unbranched alkanes of at least 4 members (excludes halogenated alkanes) is 26. The van der Waals surface area contributed by atoms with Gasteiger partial charge in [0.1, 0.15) is 13.2 Å². The molecule has 294 valence electrons. The van der Waals surface area contributed by atoms with E-state index in [4.69, 9.17) is 14.2 Å². The van der Waals surface area contributed by atoms with Gasteiger partial charge in [0.15, 0.2) is 6.10 Å². The maximum Gasteiger partial charge on any atom is 0.306 e. The highest BCUT2D eigenvalue weighted by molar-refractivity contribution is 5.71. The topological polar surface area (TPSA) is 78.9 Å². The predicted octanol–water partition coefficient (Wildman–Crippen LogP) is 13.5. The highest BCUT2D eigenvalue weighted by Gasteiger charge is 2.19. The van der Waals surface area contributed by atoms with Crippen molar-refractivity contribution in [2.24, 2.45) is 0 Å². The third-order valence-corrected chi connectivity index (χ3v) is 9.52. The van der Waals surface area contributed by atoms with Crippen LogP contribution in [0.5, 0.6) is 0 Å². The second-order valence-electron chi connectivity index (χ2n) is 14.6. The average molecular weight is 707 g/mol. The molecule has 0 saturated heterocycles. The molecule has 0 aromatic carbocycles. The summed E-state index contributed by atoms with van der Waals surface area (Å²) >= 11 is 0. The minimum absolute atomic E-state index is 0.0695. The molecule has 50 heavy (non-hydrogen) atoms. The number of carbonyl (C=O) groups is 3. The van der Waals surface area contributed by atoms with Crippen molar-refractivity contribution in [1.29, 1.82) is 0 Å². The van der Waals surface area contributed by atoms with Crippen LogP contribution in [0.2, 0.25) is 0 Å². The summed E-state index contributed by atoms with van der Waals surface area (Å²) in [5, 5.41) is 0. The molecular weight excluding hydrogens is 624 g/mol. The third-order valence-electron chi connectivity index (χ3n) is 9.52. The van der Waals surface area contributed by atoms with Gasteiger partial charge in [0, 0.05) is 19.3 Å². The molecule has 0 radical (unpaired) electrons. The molecule has 0 fully saturated rings. The van der Waals surface area contributed by atoms with Crippen molar-refractivity contribution in [3.63, 3.8) is 0 Å². The second kappa shape index (κ2) is 39.9. The Morgan fingerprint density at radius 2 is 0.680 bits per heavy atom. The van der Waals surface area contributed by atoms with Crippen LogP contribution >= 0.6 is 0 Å². The number of allylic oxidation sites excluding steroid dienone is 2. The van der Waals surface area contributed by atoms with Gasteiger partial charge in [0.2, 0.25) is 0 Å². The van der Waals surface area contributed by atoms with Crippen LogP contribution in [-0.4, -0.2) is 37.2 Å². The summed E-state index contributed by atoms with van der Waals surface area (Å²) in [5.74, 6) is -0.880. The van der Waals surface area contributed by atoms with Gasteiger partial charge in [-0.25, -0.2) is 0 Å². The Hall–Kier alpha value is -1.85. The number of esters is 3. The first-order chi connectivity index (χ1) is 24.5. The Balaban J connectivity index is 4.36. The van der Waals surface area contributed by atoms with Crippen molar-refractivity contribution in [1.82, 2.24) is 0 Å². The summed E-state index contributed by atoms with van der Waals surface area (Å²) in [6.45, 7) is 6.57. The number of hydrogen-bond donors (Lipinski definition) is 0. The first-order valence-corrected chi connectivity index (χ1v) is 21.7. The lowest BCUT2D eigenvalue weighted by Gasteiger charge is -2.18. The van der Waals surface area contributed by atoms with Gasteiger partial charge in [-0.15, -0.1) is 0 Å². The first-order valence-electron chi connectivity index (χ1n) is 21.7. The summed E-state index contributed by atoms with van der Waals surface area (Å²) in [7, 11) is 0. The lowest BCUT2D eigenvalue weighted by atomic mass is 10.1. The quantitative estimate of drug-likeness (QED) is 0.0274. The Kier molecular flexibility index (Phi) is 38.5. The molecular formula is C44H82O6. The van der Waals surface area contributed by atoms with Gasteiger partial charge in [-0.3, -0.25) is 14.4 Å². The van der Waals surface area contributed by atoms with E-state index in [1.54, 1.807) is 0 Å². The van der Waals surface area contributed by atoms with Crippen molar-refractivity contribution < 1.29 is 28.6 Å². The van der Waals surface area contributed by atoms with E-state index < -0.39 is 6.10 Å². The molecule has 0 bridgehead atoms. The molecule has 0 aliphatic carbocycles. The highest BCUT2D eigenvalue weighted by atomic mass is 16.6. The van der Waals surface area contributed by atoms with Crippen LogP contribution in [0.15, 0.2) is 12.2 Å². The molecule has 0 N–H and O–H groups in total. The van der Waals surface area contributed by atoms with E-state index in [9.17, 15) is 14.4 Å². The summed E-state index contributed by atoms with van der Waals surface area (Å²) in [4.78, 5) is 37.5. The molecule has 1 unspecified atom stereocenters. The fraction of sp³-hybridized carbons (Fsp3) is 0.886. The van der Waals surface area contributed by atoms with Gasteiger partial charge in [0.05, 0.1) is 0 Å². The summed E-state index contributed by atoms with van der Waals surface area (Å²) in [6.07, 6.45) is 40.5. The Labute approximate surface area is 310 Å². The summed E-state index contributed by atoms with van der Waals surface area (Å²) in [6, 6.07) is 0. The zero-order valence-electron chi connectivity index (χ0n) is 33.4. The molecule has 0 spiro atoms. The SMILES string of the molecule is CCCC/C=C\CCCCCCC(=O)OCC(COC(=O)CCCCCCCCCCCCC)OC(=O)CCCCCCCCCCCCC. The van der Waals surface area contributed by atoms with E-state index in [0.717, 1.165) is 77.0 Å². The van der Waals surface area contributed by atoms with Crippen LogP contribution in [0.25, 0.3) is 0 Å². The zero-order valence-corrected chi connectivity index (χ0v) is 33.4. The van der Waals surface area contributed by atoms with Crippen molar-refractivity contribution in [3.8, 4) is 0 Å². The molecule has 0 aromatic rings. The molecule has 1 atom stereocenters. The smallest absolute Gasteiger partial charge is 0.306 e. The molecule has 0 aliphatic rings. The lowest BCUT2D eigenvalue weighted by molar-refractivity contribution is -0.167. The largest absolute Gasteiger partial charge is 0.462 e. The van der Waals surface area contributed by atoms with E-state index in [2.05, 4.69) is 32.9 Å². The highest BCUT2D eigenvalue weighted by Crippen LogP contribution is 2.15. The predicted molar refractivity (Wildman–Crippen MR) is 210 cm³/mol. The third kappa shape index (κ3) is 37.4. The molecule has 0 heterocycles. The van der Waals surface area contributed by atoms with E-state index in [-0.39, 0.29) is 31.1 Å². The molecule has 0 aromatic heterocycles. The maximum atomic E-state index is 12.7. The average Bonchev–Trinajstić information content (AvgIpc) is 3.11. The van der Waals surface area contributed by atoms with Gasteiger partial charge in [-0.1, -0.05) is 187 Å². The minimum atomic E-state index is -0.764. The van der Waals surface area contributed by atoms with Crippen LogP contribution in [0.4, 0.5) is 0 Å². The van der Waals surface area contributed by atoms with Crippen molar-refractivity contribution >= 4 is 17.9 Å². The van der Waals surface area contributed by atoms with Crippen LogP contribution in [0.3, 0.4) is 0 Å². The standard InChI is InChI=1S/C44H82O6/c1-4-7-10-13-16-19-22-25-28-31-34-37-43(46)49-40-41(39-48-42(45)36-33-30-27-24-21-18-15-12-9-6-3)50-44(47)38-35-32-29-26-23-20-17-14-11-8-5-2/h15,18,41H,4-14,16-17,19-40H2,1-3H3/b18-15-. The minimum Gasteiger partial charge on any atom is -0.462 e. The molecule has 6 heteroatoms. The number of hydrogen-bond acceptors (Lipinski definition) is 6. The van der Waals surface area contributed by atoms with Crippen LogP contribution in [0.1, 0.15) is 233 Å². The van der Waals surface area contributed by atoms with Gasteiger partial charge in [0.25, 0.3) is 0 Å². The maximum absolute atomic E-state index is 12.7. The van der Waals surface area contributed by atoms with E-state index in [0.29, 0.717) is 19.3 Å². The van der Waals surface area contributed by atoms with E-state index >= 15 is 0 Å². The lowest BCUT2D eigenvalue weighted by Crippen LogP contribution is -2.30. The second-order valence-corrected chi connectivity index (χ2v) is 14.6. The van der Waals surface area contributed by atoms with Gasteiger partial charge < -0.3 is 14.2 Å². The van der Waals surface area contributed by atoms with Gasteiger partial charge >= 0.3 is 17.9 Å². The monoisotopic (exact) mass is 707 g/mol. The fourth-order valence-corrected chi connectivity index (χ4v) is 6.19. The van der Waals surface area contributed by atoms with Crippen molar-refractivity contribution in [2.45, 2.75) is 239 Å². The molecule has 0 saturated carbocycles. The van der Waals surface area contributed by atoms with E-state index in [1.807, 2.05) is 0 Å². The molecule has 0 aliphatic heterocycles.